The van der Waals surface area contributed by atoms with E-state index in [1.807, 2.05) is 32.0 Å². The van der Waals surface area contributed by atoms with Crippen LogP contribution in [0.5, 0.6) is 0 Å². The van der Waals surface area contributed by atoms with Gasteiger partial charge in [0, 0.05) is 36.2 Å². The summed E-state index contributed by atoms with van der Waals surface area (Å²) in [6, 6.07) is 16.2. The first kappa shape index (κ1) is 19.4. The normalized spacial score (nSPS) is 16.1. The third-order valence-electron chi connectivity index (χ3n) is 4.97. The Morgan fingerprint density at radius 1 is 1.15 bits per heavy atom. The van der Waals surface area contributed by atoms with Crippen molar-refractivity contribution in [3.8, 4) is 0 Å². The maximum Gasteiger partial charge on any atom is 0.162 e. The van der Waals surface area contributed by atoms with E-state index in [-0.39, 0.29) is 5.78 Å². The molecule has 0 radical (unpaired) electrons. The van der Waals surface area contributed by atoms with Crippen LogP contribution in [-0.2, 0) is 0 Å². The van der Waals surface area contributed by atoms with Crippen LogP contribution in [0.25, 0.3) is 10.9 Å². The van der Waals surface area contributed by atoms with Gasteiger partial charge in [0.2, 0.25) is 0 Å². The number of carbonyl (C=O) groups excluding carboxylic acids is 1. The van der Waals surface area contributed by atoms with E-state index in [0.717, 1.165) is 36.1 Å². The van der Waals surface area contributed by atoms with Crippen LogP contribution in [-0.4, -0.2) is 23.9 Å². The SMILES string of the molecule is CC.CC(=O)c1cc(Cl)c2cccnc2c1N1CCC(c2ccccc2)C1. The van der Waals surface area contributed by atoms with Crippen molar-refractivity contribution in [1.29, 1.82) is 0 Å². The van der Waals surface area contributed by atoms with Crippen LogP contribution < -0.4 is 4.90 Å². The van der Waals surface area contributed by atoms with Crippen molar-refractivity contribution in [3.63, 3.8) is 0 Å². The molecule has 0 spiro atoms. The van der Waals surface area contributed by atoms with E-state index in [1.54, 1.807) is 19.2 Å². The van der Waals surface area contributed by atoms with Gasteiger partial charge in [-0.1, -0.05) is 55.8 Å². The number of hydrogen-bond donors (Lipinski definition) is 0. The molecule has 0 saturated carbocycles. The van der Waals surface area contributed by atoms with Gasteiger partial charge in [0.15, 0.2) is 5.78 Å². The number of fused-ring (bicyclic) bond motifs is 1. The van der Waals surface area contributed by atoms with Gasteiger partial charge in [-0.25, -0.2) is 0 Å². The predicted octanol–water partition coefficient (Wildman–Crippen LogP) is 6.11. The number of rotatable bonds is 3. The first-order valence-corrected chi connectivity index (χ1v) is 9.91. The third kappa shape index (κ3) is 3.84. The average Bonchev–Trinajstić information content (AvgIpc) is 3.20. The van der Waals surface area contributed by atoms with Crippen molar-refractivity contribution in [3.05, 3.63) is 70.9 Å². The molecular weight excluding hydrogens is 356 g/mol. The molecule has 0 bridgehead atoms. The maximum atomic E-state index is 12.3. The fourth-order valence-electron chi connectivity index (χ4n) is 3.74. The fraction of sp³-hybridized carbons (Fsp3) is 0.304. The van der Waals surface area contributed by atoms with Gasteiger partial charge in [0.1, 0.15) is 0 Å². The van der Waals surface area contributed by atoms with Crippen molar-refractivity contribution in [2.45, 2.75) is 33.1 Å². The molecule has 4 rings (SSSR count). The molecule has 0 amide bonds. The molecule has 2 aromatic carbocycles. The Morgan fingerprint density at radius 3 is 2.59 bits per heavy atom. The molecule has 3 aromatic rings. The Bertz CT molecular complexity index is 940. The van der Waals surface area contributed by atoms with E-state index >= 15 is 0 Å². The Kier molecular flexibility index (Phi) is 6.12. The van der Waals surface area contributed by atoms with Crippen LogP contribution in [0.1, 0.15) is 49.0 Å². The van der Waals surface area contributed by atoms with Crippen LogP contribution in [0, 0.1) is 0 Å². The molecule has 1 aromatic heterocycles. The second kappa shape index (κ2) is 8.53. The second-order valence-electron chi connectivity index (χ2n) is 6.55. The third-order valence-corrected chi connectivity index (χ3v) is 5.28. The molecule has 1 atom stereocenters. The summed E-state index contributed by atoms with van der Waals surface area (Å²) in [7, 11) is 0. The number of ketones is 1. The Morgan fingerprint density at radius 2 is 1.89 bits per heavy atom. The molecule has 1 aliphatic heterocycles. The van der Waals surface area contributed by atoms with Crippen LogP contribution >= 0.6 is 11.6 Å². The van der Waals surface area contributed by atoms with E-state index in [0.29, 0.717) is 16.5 Å². The molecule has 0 aliphatic carbocycles. The summed E-state index contributed by atoms with van der Waals surface area (Å²) in [5, 5.41) is 1.48. The molecule has 3 nitrogen and oxygen atoms in total. The molecule has 27 heavy (non-hydrogen) atoms. The standard InChI is InChI=1S/C21H19ClN2O.C2H6/c1-14(25)18-12-19(22)17-8-5-10-23-20(17)21(18)24-11-9-16(13-24)15-6-3-2-4-7-15;1-2/h2-8,10,12,16H,9,11,13H2,1H3;1-2H3. The van der Waals surface area contributed by atoms with Crippen molar-refractivity contribution >= 4 is 34.0 Å². The summed E-state index contributed by atoms with van der Waals surface area (Å²) < 4.78 is 0. The number of benzene rings is 2. The van der Waals surface area contributed by atoms with E-state index in [1.165, 1.54) is 5.56 Å². The minimum Gasteiger partial charge on any atom is -0.369 e. The van der Waals surface area contributed by atoms with Gasteiger partial charge in [-0.3, -0.25) is 9.78 Å². The molecule has 1 fully saturated rings. The maximum absolute atomic E-state index is 12.3. The molecule has 1 aliphatic rings. The summed E-state index contributed by atoms with van der Waals surface area (Å²) in [4.78, 5) is 19.1. The zero-order chi connectivity index (χ0) is 19.4. The van der Waals surface area contributed by atoms with Crippen LogP contribution in [0.4, 0.5) is 5.69 Å². The van der Waals surface area contributed by atoms with Gasteiger partial charge >= 0.3 is 0 Å². The Hall–Kier alpha value is -2.39. The van der Waals surface area contributed by atoms with E-state index in [9.17, 15) is 4.79 Å². The van der Waals surface area contributed by atoms with E-state index in [4.69, 9.17) is 11.6 Å². The highest BCUT2D eigenvalue weighted by molar-refractivity contribution is 6.36. The van der Waals surface area contributed by atoms with Gasteiger partial charge in [0.05, 0.1) is 16.2 Å². The van der Waals surface area contributed by atoms with E-state index < -0.39 is 0 Å². The lowest BCUT2D eigenvalue weighted by molar-refractivity contribution is 0.101. The minimum atomic E-state index is 0.0209. The highest BCUT2D eigenvalue weighted by atomic mass is 35.5. The Labute approximate surface area is 166 Å². The van der Waals surface area contributed by atoms with Crippen LogP contribution in [0.15, 0.2) is 54.7 Å². The van der Waals surface area contributed by atoms with Crippen molar-refractivity contribution in [2.75, 3.05) is 18.0 Å². The molecular formula is C23H25ClN2O. The highest BCUT2D eigenvalue weighted by Crippen LogP contribution is 2.39. The molecule has 2 heterocycles. The summed E-state index contributed by atoms with van der Waals surface area (Å²) >= 11 is 6.40. The largest absolute Gasteiger partial charge is 0.369 e. The zero-order valence-electron chi connectivity index (χ0n) is 16.1. The summed E-state index contributed by atoms with van der Waals surface area (Å²) in [6.07, 6.45) is 2.83. The van der Waals surface area contributed by atoms with Crippen molar-refractivity contribution in [1.82, 2.24) is 4.98 Å². The van der Waals surface area contributed by atoms with Gasteiger partial charge < -0.3 is 4.90 Å². The van der Waals surface area contributed by atoms with Crippen molar-refractivity contribution < 1.29 is 4.79 Å². The summed E-state index contributed by atoms with van der Waals surface area (Å²) in [5.41, 5.74) is 3.74. The lowest BCUT2D eigenvalue weighted by atomic mass is 9.98. The van der Waals surface area contributed by atoms with Gasteiger partial charge in [-0.05, 0) is 37.1 Å². The number of anilines is 1. The molecule has 1 unspecified atom stereocenters. The van der Waals surface area contributed by atoms with E-state index in [2.05, 4.69) is 34.1 Å². The number of nitrogens with zero attached hydrogens (tertiary/aromatic N) is 2. The summed E-state index contributed by atoms with van der Waals surface area (Å²) in [5.74, 6) is 0.489. The number of aromatic nitrogens is 1. The lowest BCUT2D eigenvalue weighted by Gasteiger charge is -2.23. The zero-order valence-corrected chi connectivity index (χ0v) is 16.8. The predicted molar refractivity (Wildman–Crippen MR) is 114 cm³/mol. The molecule has 140 valence electrons. The number of Topliss-reactive ketones (excluding diaryl/α,β-unsaturated/α-hetero) is 1. The smallest absolute Gasteiger partial charge is 0.162 e. The highest BCUT2D eigenvalue weighted by Gasteiger charge is 2.28. The number of carbonyl (C=O) groups is 1. The van der Waals surface area contributed by atoms with Crippen LogP contribution in [0.2, 0.25) is 5.02 Å². The topological polar surface area (TPSA) is 33.2 Å². The minimum absolute atomic E-state index is 0.0209. The van der Waals surface area contributed by atoms with Gasteiger partial charge in [-0.15, -0.1) is 0 Å². The quantitative estimate of drug-likeness (QED) is 0.514. The Balaban J connectivity index is 0.00000102. The number of halogens is 1. The summed E-state index contributed by atoms with van der Waals surface area (Å²) in [6.45, 7) is 7.39. The number of hydrogen-bond acceptors (Lipinski definition) is 3. The van der Waals surface area contributed by atoms with Gasteiger partial charge in [-0.2, -0.15) is 0 Å². The first-order valence-electron chi connectivity index (χ1n) is 9.53. The second-order valence-corrected chi connectivity index (χ2v) is 6.96. The van der Waals surface area contributed by atoms with Crippen LogP contribution in [0.3, 0.4) is 0 Å². The first-order chi connectivity index (χ1) is 13.1. The van der Waals surface area contributed by atoms with Gasteiger partial charge in [0.25, 0.3) is 0 Å². The van der Waals surface area contributed by atoms with Crippen molar-refractivity contribution in [2.24, 2.45) is 0 Å². The molecule has 1 saturated heterocycles. The number of pyridine rings is 1. The average molecular weight is 381 g/mol. The fourth-order valence-corrected chi connectivity index (χ4v) is 4.00. The molecule has 0 N–H and O–H groups in total. The monoisotopic (exact) mass is 380 g/mol. The lowest BCUT2D eigenvalue weighted by Crippen LogP contribution is -2.22. The molecule has 4 heteroatoms.